The van der Waals surface area contributed by atoms with Crippen molar-refractivity contribution in [2.24, 2.45) is 0 Å². The van der Waals surface area contributed by atoms with Crippen LogP contribution in [0.25, 0.3) is 21.9 Å². The predicted octanol–water partition coefficient (Wildman–Crippen LogP) is 5.45. The highest BCUT2D eigenvalue weighted by Crippen LogP contribution is 2.29. The van der Waals surface area contributed by atoms with Crippen LogP contribution < -0.4 is 0 Å². The lowest BCUT2D eigenvalue weighted by molar-refractivity contribution is 0.0599. The van der Waals surface area contributed by atoms with Crippen molar-refractivity contribution in [1.29, 1.82) is 0 Å². The molecule has 47 heavy (non-hydrogen) atoms. The Morgan fingerprint density at radius 3 is 2.09 bits per heavy atom. The van der Waals surface area contributed by atoms with E-state index < -0.39 is 11.9 Å². The van der Waals surface area contributed by atoms with Crippen LogP contribution in [0, 0.1) is 0 Å². The monoisotopic (exact) mass is 630 g/mol. The van der Waals surface area contributed by atoms with Gasteiger partial charge in [0.2, 0.25) is 0 Å². The molecule has 1 N–H and O–H groups in total. The number of aromatic nitrogens is 2. The molecule has 6 aromatic rings. The molecule has 2 aliphatic rings. The normalized spacial score (nSPS) is 13.5. The van der Waals surface area contributed by atoms with E-state index in [1.807, 2.05) is 24.3 Å². The van der Waals surface area contributed by atoms with Gasteiger partial charge in [0.15, 0.2) is 0 Å². The Hall–Kier alpha value is -6.30. The van der Waals surface area contributed by atoms with Gasteiger partial charge in [-0.1, -0.05) is 30.3 Å². The summed E-state index contributed by atoms with van der Waals surface area (Å²) < 4.78 is 16.3. The van der Waals surface area contributed by atoms with E-state index in [9.17, 15) is 24.3 Å². The average molecular weight is 631 g/mol. The molecule has 0 bridgehead atoms. The van der Waals surface area contributed by atoms with Gasteiger partial charge in [-0.3, -0.25) is 19.6 Å². The Kier molecular flexibility index (Phi) is 7.44. The van der Waals surface area contributed by atoms with E-state index in [-0.39, 0.29) is 23.9 Å². The Balaban J connectivity index is 0.000000150. The first kappa shape index (κ1) is 29.4. The maximum atomic E-state index is 12.4. The number of amides is 2. The molecule has 234 valence electrons. The summed E-state index contributed by atoms with van der Waals surface area (Å²) in [5, 5.41) is 10.7. The van der Waals surface area contributed by atoms with Crippen molar-refractivity contribution in [3.63, 3.8) is 0 Å². The molecule has 12 nitrogen and oxygen atoms in total. The van der Waals surface area contributed by atoms with Crippen LogP contribution >= 0.6 is 0 Å². The van der Waals surface area contributed by atoms with Gasteiger partial charge in [0.25, 0.3) is 11.8 Å². The molecule has 2 aromatic carbocycles. The molecule has 12 heteroatoms. The van der Waals surface area contributed by atoms with Crippen molar-refractivity contribution in [3.05, 3.63) is 130 Å². The van der Waals surface area contributed by atoms with Gasteiger partial charge in [-0.2, -0.15) is 0 Å². The van der Waals surface area contributed by atoms with E-state index in [2.05, 4.69) is 9.97 Å². The number of hydrogen-bond acceptors (Lipinski definition) is 9. The number of carboxylic acids is 1. The van der Waals surface area contributed by atoms with Crippen LogP contribution in [0.1, 0.15) is 64.2 Å². The van der Waals surface area contributed by atoms with E-state index in [1.165, 1.54) is 13.2 Å². The van der Waals surface area contributed by atoms with Crippen LogP contribution in [0.15, 0.2) is 94.2 Å². The second-order valence-corrected chi connectivity index (χ2v) is 11.0. The van der Waals surface area contributed by atoms with E-state index in [4.69, 9.17) is 13.6 Å². The first-order valence-corrected chi connectivity index (χ1v) is 14.6. The first-order valence-electron chi connectivity index (χ1n) is 14.6. The van der Waals surface area contributed by atoms with Gasteiger partial charge in [0, 0.05) is 48.0 Å². The molecule has 2 amide bonds. The quantitative estimate of drug-likeness (QED) is 0.235. The lowest BCUT2D eigenvalue weighted by atomic mass is 10.1. The third kappa shape index (κ3) is 5.46. The number of furan rings is 2. The number of aromatic carboxylic acids is 1. The van der Waals surface area contributed by atoms with E-state index in [0.29, 0.717) is 64.5 Å². The third-order valence-electron chi connectivity index (χ3n) is 8.05. The fourth-order valence-electron chi connectivity index (χ4n) is 5.85. The lowest BCUT2D eigenvalue weighted by Crippen LogP contribution is -2.23. The maximum absolute atomic E-state index is 12.4. The topological polar surface area (TPSA) is 156 Å². The van der Waals surface area contributed by atoms with Crippen molar-refractivity contribution in [2.75, 3.05) is 7.11 Å². The van der Waals surface area contributed by atoms with E-state index in [0.717, 1.165) is 16.5 Å². The number of fused-ring (bicyclic) bond motifs is 4. The summed E-state index contributed by atoms with van der Waals surface area (Å²) in [6, 6.07) is 19.4. The van der Waals surface area contributed by atoms with Crippen LogP contribution in [0.2, 0.25) is 0 Å². The molecule has 0 aliphatic carbocycles. The predicted molar refractivity (Wildman–Crippen MR) is 166 cm³/mol. The number of nitrogens with zero attached hydrogens (tertiary/aromatic N) is 4. The fraction of sp³-hybridized carbons (Fsp3) is 0.143. The first-order chi connectivity index (χ1) is 22.8. The summed E-state index contributed by atoms with van der Waals surface area (Å²) in [6.07, 6.45) is 4.87. The number of para-hydroxylation sites is 2. The Morgan fingerprint density at radius 1 is 0.809 bits per heavy atom. The van der Waals surface area contributed by atoms with E-state index in [1.54, 1.807) is 64.8 Å². The number of ether oxygens (including phenoxy) is 1. The number of benzene rings is 2. The van der Waals surface area contributed by atoms with Crippen molar-refractivity contribution < 1.29 is 37.9 Å². The Labute approximate surface area is 266 Å². The van der Waals surface area contributed by atoms with E-state index >= 15 is 0 Å². The highest BCUT2D eigenvalue weighted by atomic mass is 16.5. The second-order valence-electron chi connectivity index (χ2n) is 11.0. The van der Waals surface area contributed by atoms with Crippen molar-refractivity contribution in [2.45, 2.75) is 26.2 Å². The summed E-state index contributed by atoms with van der Waals surface area (Å²) in [5.74, 6) is -0.515. The van der Waals surface area contributed by atoms with Gasteiger partial charge in [-0.05, 0) is 42.0 Å². The van der Waals surface area contributed by atoms with Gasteiger partial charge >= 0.3 is 11.9 Å². The van der Waals surface area contributed by atoms with Crippen LogP contribution in [0.3, 0.4) is 0 Å². The van der Waals surface area contributed by atoms with Crippen LogP contribution in [0.5, 0.6) is 0 Å². The second kappa shape index (κ2) is 11.9. The zero-order valence-corrected chi connectivity index (χ0v) is 25.0. The zero-order chi connectivity index (χ0) is 32.7. The summed E-state index contributed by atoms with van der Waals surface area (Å²) >= 11 is 0. The average Bonchev–Trinajstić information content (AvgIpc) is 3.84. The standard InChI is InChI=1S/C18H14N2O4.C17H12N2O4/c1-23-18(22)14-4-2-3-11-7-13(24-16(11)14)10-20-9-12-5-6-19-8-15(12)17(20)21;20-16-14-11(4-2-6-18-14)8-19(16)9-12-7-10-3-1-5-13(17(21)22)15(10)23-12/h2-8H,9-10H2,1H3;1-7H,8-9H2,(H,21,22). The third-order valence-corrected chi connectivity index (χ3v) is 8.05. The molecule has 0 atom stereocenters. The number of methoxy groups -OCH3 is 1. The zero-order valence-electron chi connectivity index (χ0n) is 25.0. The number of carboxylic acid groups (broad SMARTS) is 1. The van der Waals surface area contributed by atoms with Gasteiger partial charge in [0.05, 0.1) is 25.8 Å². The number of carbonyl (C=O) groups is 4. The van der Waals surface area contributed by atoms with Crippen LogP contribution in [-0.4, -0.2) is 55.7 Å². The molecule has 2 aliphatic heterocycles. The van der Waals surface area contributed by atoms with Gasteiger partial charge in [0.1, 0.15) is 39.5 Å². The molecular weight excluding hydrogens is 604 g/mol. The molecule has 0 radical (unpaired) electrons. The fourth-order valence-corrected chi connectivity index (χ4v) is 5.85. The van der Waals surface area contributed by atoms with Gasteiger partial charge < -0.3 is 28.5 Å². The number of rotatable bonds is 6. The molecule has 0 fully saturated rings. The molecule has 6 heterocycles. The summed E-state index contributed by atoms with van der Waals surface area (Å²) in [4.78, 5) is 59.2. The number of pyridine rings is 2. The van der Waals surface area contributed by atoms with Crippen molar-refractivity contribution in [3.8, 4) is 0 Å². The summed E-state index contributed by atoms with van der Waals surface area (Å²) in [7, 11) is 1.33. The molecule has 0 saturated heterocycles. The molecule has 8 rings (SSSR count). The van der Waals surface area contributed by atoms with Gasteiger partial charge in [-0.15, -0.1) is 0 Å². The number of hydrogen-bond donors (Lipinski definition) is 1. The lowest BCUT2D eigenvalue weighted by Gasteiger charge is -2.13. The maximum Gasteiger partial charge on any atom is 0.341 e. The smallest absolute Gasteiger partial charge is 0.341 e. The molecule has 0 saturated carbocycles. The molecule has 0 spiro atoms. The number of carbonyl (C=O) groups excluding carboxylic acids is 3. The summed E-state index contributed by atoms with van der Waals surface area (Å²) in [5.41, 5.74) is 4.25. The summed E-state index contributed by atoms with van der Waals surface area (Å²) in [6.45, 7) is 1.62. The minimum absolute atomic E-state index is 0.0632. The van der Waals surface area contributed by atoms with Crippen LogP contribution in [0.4, 0.5) is 0 Å². The molecule has 4 aromatic heterocycles. The SMILES string of the molecule is COC(=O)c1cccc2cc(CN3Cc4ccncc4C3=O)oc12.O=C(O)c1cccc2cc(CN3Cc4cccnc4C3=O)oc12. The largest absolute Gasteiger partial charge is 0.478 e. The number of esters is 1. The molecular formula is C35H26N4O8. The Bertz CT molecular complexity index is 2220. The minimum Gasteiger partial charge on any atom is -0.478 e. The van der Waals surface area contributed by atoms with Crippen molar-refractivity contribution >= 4 is 45.7 Å². The van der Waals surface area contributed by atoms with Crippen LogP contribution in [-0.2, 0) is 30.9 Å². The minimum atomic E-state index is -1.04. The molecule has 0 unspecified atom stereocenters. The van der Waals surface area contributed by atoms with Gasteiger partial charge in [-0.25, -0.2) is 9.59 Å². The van der Waals surface area contributed by atoms with Crippen molar-refractivity contribution in [1.82, 2.24) is 19.8 Å². The highest BCUT2D eigenvalue weighted by Gasteiger charge is 2.30. The Morgan fingerprint density at radius 2 is 1.45 bits per heavy atom. The highest BCUT2D eigenvalue weighted by molar-refractivity contribution is 6.03.